The van der Waals surface area contributed by atoms with Gasteiger partial charge in [0.05, 0.1) is 11.1 Å². The number of carbonyl (C=O) groups is 2. The first-order chi connectivity index (χ1) is 12.1. The van der Waals surface area contributed by atoms with Crippen molar-refractivity contribution in [3.8, 4) is 5.75 Å². The first kappa shape index (κ1) is 16.7. The molecule has 25 heavy (non-hydrogen) atoms. The lowest BCUT2D eigenvalue weighted by atomic mass is 9.98. The standard InChI is InChI=1S/C22H18O3/c1-15-13-16(2)21(25-22(24)18-11-7-4-8-12-18)19(14-15)20(23)17-9-5-3-6-10-17/h3-14H,1-2H3. The quantitative estimate of drug-likeness (QED) is 0.394. The molecule has 0 spiro atoms. The van der Waals surface area contributed by atoms with Gasteiger partial charge in [-0.2, -0.15) is 0 Å². The summed E-state index contributed by atoms with van der Waals surface area (Å²) in [4.78, 5) is 25.3. The van der Waals surface area contributed by atoms with Gasteiger partial charge in [0.2, 0.25) is 0 Å². The first-order valence-electron chi connectivity index (χ1n) is 8.04. The number of ether oxygens (including phenoxy) is 1. The molecule has 0 unspecified atom stereocenters. The van der Waals surface area contributed by atoms with Crippen molar-refractivity contribution in [1.29, 1.82) is 0 Å². The lowest BCUT2D eigenvalue weighted by Gasteiger charge is -2.13. The summed E-state index contributed by atoms with van der Waals surface area (Å²) in [6.07, 6.45) is 0. The molecular weight excluding hydrogens is 312 g/mol. The zero-order valence-electron chi connectivity index (χ0n) is 14.2. The molecule has 0 bridgehead atoms. The second-order valence-electron chi connectivity index (χ2n) is 5.91. The predicted octanol–water partition coefficient (Wildman–Crippen LogP) is 4.75. The summed E-state index contributed by atoms with van der Waals surface area (Å²) >= 11 is 0. The van der Waals surface area contributed by atoms with Crippen molar-refractivity contribution in [2.75, 3.05) is 0 Å². The van der Waals surface area contributed by atoms with Gasteiger partial charge in [-0.15, -0.1) is 0 Å². The Bertz CT molecular complexity index is 913. The number of esters is 1. The Morgan fingerprint density at radius 1 is 0.760 bits per heavy atom. The van der Waals surface area contributed by atoms with E-state index in [-0.39, 0.29) is 5.78 Å². The molecule has 0 saturated carbocycles. The van der Waals surface area contributed by atoms with Gasteiger partial charge in [0, 0.05) is 5.56 Å². The van der Waals surface area contributed by atoms with E-state index in [4.69, 9.17) is 4.74 Å². The summed E-state index contributed by atoms with van der Waals surface area (Å²) in [6, 6.07) is 21.4. The van der Waals surface area contributed by atoms with E-state index in [0.717, 1.165) is 11.1 Å². The van der Waals surface area contributed by atoms with Gasteiger partial charge >= 0.3 is 5.97 Å². The van der Waals surface area contributed by atoms with Gasteiger partial charge in [0.25, 0.3) is 0 Å². The number of rotatable bonds is 4. The maximum Gasteiger partial charge on any atom is 0.343 e. The molecule has 0 radical (unpaired) electrons. The fourth-order valence-corrected chi connectivity index (χ4v) is 2.73. The lowest BCUT2D eigenvalue weighted by molar-refractivity contribution is 0.0731. The summed E-state index contributed by atoms with van der Waals surface area (Å²) in [7, 11) is 0. The maximum atomic E-state index is 12.9. The number of carbonyl (C=O) groups excluding carboxylic acids is 2. The van der Waals surface area contributed by atoms with Crippen molar-refractivity contribution < 1.29 is 14.3 Å². The van der Waals surface area contributed by atoms with E-state index >= 15 is 0 Å². The van der Waals surface area contributed by atoms with Gasteiger partial charge in [0.15, 0.2) is 5.78 Å². The average molecular weight is 330 g/mol. The van der Waals surface area contributed by atoms with Crippen LogP contribution in [0.3, 0.4) is 0 Å². The molecule has 0 aliphatic carbocycles. The summed E-state index contributed by atoms with van der Waals surface area (Å²) < 4.78 is 5.60. The van der Waals surface area contributed by atoms with E-state index < -0.39 is 5.97 Å². The molecule has 0 fully saturated rings. The van der Waals surface area contributed by atoms with Crippen LogP contribution in [0.1, 0.15) is 37.4 Å². The highest BCUT2D eigenvalue weighted by Crippen LogP contribution is 2.28. The number of aryl methyl sites for hydroxylation is 2. The molecule has 3 aromatic rings. The van der Waals surface area contributed by atoms with Crippen LogP contribution in [0.15, 0.2) is 72.8 Å². The van der Waals surface area contributed by atoms with Crippen molar-refractivity contribution in [3.63, 3.8) is 0 Å². The highest BCUT2D eigenvalue weighted by atomic mass is 16.5. The Hall–Kier alpha value is -3.20. The van der Waals surface area contributed by atoms with Gasteiger partial charge in [-0.1, -0.05) is 54.6 Å². The minimum atomic E-state index is -0.477. The lowest BCUT2D eigenvalue weighted by Crippen LogP contribution is -2.13. The number of ketones is 1. The van der Waals surface area contributed by atoms with Crippen LogP contribution in [0.2, 0.25) is 0 Å². The molecule has 0 saturated heterocycles. The smallest absolute Gasteiger partial charge is 0.343 e. The Labute approximate surface area is 146 Å². The fraction of sp³-hybridized carbons (Fsp3) is 0.0909. The van der Waals surface area contributed by atoms with Crippen LogP contribution in [0, 0.1) is 13.8 Å². The highest BCUT2D eigenvalue weighted by Gasteiger charge is 2.20. The molecule has 0 atom stereocenters. The molecule has 3 rings (SSSR count). The molecule has 0 aliphatic rings. The van der Waals surface area contributed by atoms with Gasteiger partial charge in [-0.05, 0) is 43.2 Å². The van der Waals surface area contributed by atoms with Gasteiger partial charge < -0.3 is 4.74 Å². The van der Waals surface area contributed by atoms with E-state index in [1.165, 1.54) is 0 Å². The van der Waals surface area contributed by atoms with E-state index in [0.29, 0.717) is 22.4 Å². The largest absolute Gasteiger partial charge is 0.422 e. The molecule has 3 heteroatoms. The number of hydrogen-bond acceptors (Lipinski definition) is 3. The van der Waals surface area contributed by atoms with Crippen LogP contribution >= 0.6 is 0 Å². The topological polar surface area (TPSA) is 43.4 Å². The third kappa shape index (κ3) is 3.66. The first-order valence-corrected chi connectivity index (χ1v) is 8.04. The summed E-state index contributed by atoms with van der Waals surface area (Å²) in [5.74, 6) is -0.328. The molecule has 0 N–H and O–H groups in total. The SMILES string of the molecule is Cc1cc(C)c(OC(=O)c2ccccc2)c(C(=O)c2ccccc2)c1. The minimum absolute atomic E-state index is 0.164. The van der Waals surface area contributed by atoms with Crippen molar-refractivity contribution in [3.05, 3.63) is 101 Å². The van der Waals surface area contributed by atoms with E-state index in [1.807, 2.05) is 44.2 Å². The summed E-state index contributed by atoms with van der Waals surface area (Å²) in [5, 5.41) is 0. The third-order valence-corrected chi connectivity index (χ3v) is 3.90. The second kappa shape index (κ2) is 7.14. The van der Waals surface area contributed by atoms with Crippen LogP contribution in [0.5, 0.6) is 5.75 Å². The second-order valence-corrected chi connectivity index (χ2v) is 5.91. The van der Waals surface area contributed by atoms with Crippen LogP contribution in [0.25, 0.3) is 0 Å². The molecule has 0 heterocycles. The van der Waals surface area contributed by atoms with Gasteiger partial charge in [-0.3, -0.25) is 4.79 Å². The molecule has 0 aliphatic heterocycles. The average Bonchev–Trinajstić information content (AvgIpc) is 2.64. The van der Waals surface area contributed by atoms with Crippen molar-refractivity contribution >= 4 is 11.8 Å². The Morgan fingerprint density at radius 3 is 1.92 bits per heavy atom. The van der Waals surface area contributed by atoms with Crippen LogP contribution in [-0.2, 0) is 0 Å². The van der Waals surface area contributed by atoms with Crippen molar-refractivity contribution in [1.82, 2.24) is 0 Å². The molecular formula is C22H18O3. The molecule has 0 amide bonds. The van der Waals surface area contributed by atoms with E-state index in [2.05, 4.69) is 0 Å². The summed E-state index contributed by atoms with van der Waals surface area (Å²) in [6.45, 7) is 3.75. The highest BCUT2D eigenvalue weighted by molar-refractivity contribution is 6.11. The Morgan fingerprint density at radius 2 is 1.32 bits per heavy atom. The van der Waals surface area contributed by atoms with Gasteiger partial charge in [0.1, 0.15) is 5.75 Å². The molecule has 3 nitrogen and oxygen atoms in total. The van der Waals surface area contributed by atoms with Crippen LogP contribution in [0.4, 0.5) is 0 Å². The fourth-order valence-electron chi connectivity index (χ4n) is 2.73. The monoisotopic (exact) mass is 330 g/mol. The molecule has 0 aromatic heterocycles. The normalized spacial score (nSPS) is 10.3. The zero-order chi connectivity index (χ0) is 17.8. The predicted molar refractivity (Wildman–Crippen MR) is 97.2 cm³/mol. The molecule has 124 valence electrons. The number of hydrogen-bond donors (Lipinski definition) is 0. The Balaban J connectivity index is 2.02. The van der Waals surface area contributed by atoms with Crippen LogP contribution < -0.4 is 4.74 Å². The third-order valence-electron chi connectivity index (χ3n) is 3.90. The molecule has 3 aromatic carbocycles. The summed E-state index contributed by atoms with van der Waals surface area (Å²) in [5.41, 5.74) is 3.10. The van der Waals surface area contributed by atoms with E-state index in [9.17, 15) is 9.59 Å². The van der Waals surface area contributed by atoms with Crippen LogP contribution in [-0.4, -0.2) is 11.8 Å². The van der Waals surface area contributed by atoms with E-state index in [1.54, 1.807) is 42.5 Å². The van der Waals surface area contributed by atoms with Crippen molar-refractivity contribution in [2.45, 2.75) is 13.8 Å². The van der Waals surface area contributed by atoms with Gasteiger partial charge in [-0.25, -0.2) is 4.79 Å². The zero-order valence-corrected chi connectivity index (χ0v) is 14.2. The Kier molecular flexibility index (Phi) is 4.75. The number of benzene rings is 3. The maximum absolute atomic E-state index is 12.9. The minimum Gasteiger partial charge on any atom is -0.422 e. The van der Waals surface area contributed by atoms with Crippen molar-refractivity contribution in [2.24, 2.45) is 0 Å².